The minimum Gasteiger partial charge on any atom is -0.493 e. The Balaban J connectivity index is 2.19. The summed E-state index contributed by atoms with van der Waals surface area (Å²) < 4.78 is 21.7. The maximum Gasteiger partial charge on any atom is 0.336 e. The van der Waals surface area contributed by atoms with Crippen LogP contribution in [0.4, 0.5) is 0 Å². The summed E-state index contributed by atoms with van der Waals surface area (Å²) in [7, 11) is 4.57. The molecule has 0 aliphatic carbocycles. The molecule has 0 N–H and O–H groups in total. The number of esters is 1. The molecule has 0 aliphatic heterocycles. The Morgan fingerprint density at radius 3 is 2.16 bits per heavy atom. The lowest BCUT2D eigenvalue weighted by Crippen LogP contribution is -2.04. The molecule has 0 amide bonds. The van der Waals surface area contributed by atoms with Crippen LogP contribution in [0.25, 0.3) is 6.08 Å². The molecule has 2 rings (SSSR count). The molecular formula is C18H16BrClO5. The molecule has 0 atom stereocenters. The maximum absolute atomic E-state index is 12.0. The van der Waals surface area contributed by atoms with Gasteiger partial charge < -0.3 is 18.9 Å². The summed E-state index contributed by atoms with van der Waals surface area (Å²) in [5.41, 5.74) is 0.696. The van der Waals surface area contributed by atoms with E-state index < -0.39 is 5.97 Å². The van der Waals surface area contributed by atoms with Gasteiger partial charge in [0.05, 0.1) is 25.8 Å². The lowest BCUT2D eigenvalue weighted by molar-refractivity contribution is -0.128. The Bertz CT molecular complexity index is 779. The molecule has 0 spiro atoms. The van der Waals surface area contributed by atoms with Gasteiger partial charge in [0, 0.05) is 11.1 Å². The number of hydrogen-bond donors (Lipinski definition) is 0. The average molecular weight is 428 g/mol. The number of rotatable bonds is 6. The number of carbonyl (C=O) groups is 1. The molecule has 0 bridgehead atoms. The fourth-order valence-electron chi connectivity index (χ4n) is 2.06. The third kappa shape index (κ3) is 4.90. The monoisotopic (exact) mass is 426 g/mol. The highest BCUT2D eigenvalue weighted by Crippen LogP contribution is 2.38. The van der Waals surface area contributed by atoms with Crippen molar-refractivity contribution >= 4 is 39.6 Å². The maximum atomic E-state index is 12.0. The molecular weight excluding hydrogens is 412 g/mol. The van der Waals surface area contributed by atoms with Crippen LogP contribution in [0.2, 0.25) is 5.02 Å². The van der Waals surface area contributed by atoms with Gasteiger partial charge in [0.2, 0.25) is 5.75 Å². The van der Waals surface area contributed by atoms with Gasteiger partial charge in [0.15, 0.2) is 11.5 Å². The van der Waals surface area contributed by atoms with Crippen molar-refractivity contribution in [3.63, 3.8) is 0 Å². The quantitative estimate of drug-likeness (QED) is 0.378. The largest absolute Gasteiger partial charge is 0.493 e. The van der Waals surface area contributed by atoms with Crippen LogP contribution in [-0.2, 0) is 4.79 Å². The van der Waals surface area contributed by atoms with Crippen molar-refractivity contribution in [2.45, 2.75) is 0 Å². The standard InChI is InChI=1S/C18H16BrClO5/c1-22-15-8-11(9-16(23-2)18(15)24-3)4-7-17(21)25-14-6-5-12(20)10-13(14)19/h4-10H,1-3H3/b7-4+. The van der Waals surface area contributed by atoms with E-state index in [4.69, 9.17) is 30.5 Å². The van der Waals surface area contributed by atoms with Crippen LogP contribution in [-0.4, -0.2) is 27.3 Å². The molecule has 5 nitrogen and oxygen atoms in total. The van der Waals surface area contributed by atoms with Gasteiger partial charge in [-0.05, 0) is 57.9 Å². The van der Waals surface area contributed by atoms with Gasteiger partial charge in [-0.1, -0.05) is 11.6 Å². The van der Waals surface area contributed by atoms with Gasteiger partial charge >= 0.3 is 5.97 Å². The van der Waals surface area contributed by atoms with Crippen molar-refractivity contribution in [1.29, 1.82) is 0 Å². The van der Waals surface area contributed by atoms with Gasteiger partial charge in [0.25, 0.3) is 0 Å². The second kappa shape index (κ2) is 8.78. The number of ether oxygens (including phenoxy) is 4. The number of hydrogen-bond acceptors (Lipinski definition) is 5. The van der Waals surface area contributed by atoms with Gasteiger partial charge in [0.1, 0.15) is 5.75 Å². The van der Waals surface area contributed by atoms with Gasteiger partial charge in [-0.3, -0.25) is 0 Å². The minimum atomic E-state index is -0.531. The normalized spacial score (nSPS) is 10.6. The minimum absolute atomic E-state index is 0.379. The van der Waals surface area contributed by atoms with Crippen LogP contribution in [0, 0.1) is 0 Å². The summed E-state index contributed by atoms with van der Waals surface area (Å²) in [5.74, 6) is 1.32. The Morgan fingerprint density at radius 2 is 1.64 bits per heavy atom. The van der Waals surface area contributed by atoms with E-state index in [1.54, 1.807) is 36.4 Å². The molecule has 132 valence electrons. The SMILES string of the molecule is COc1cc(/C=C/C(=O)Oc2ccc(Cl)cc2Br)cc(OC)c1OC. The summed E-state index contributed by atoms with van der Waals surface area (Å²) in [6.07, 6.45) is 2.90. The van der Waals surface area contributed by atoms with E-state index in [9.17, 15) is 4.79 Å². The first-order valence-electron chi connectivity index (χ1n) is 7.13. The van der Waals surface area contributed by atoms with Gasteiger partial charge in [-0.25, -0.2) is 4.79 Å². The zero-order valence-corrected chi connectivity index (χ0v) is 16.2. The number of benzene rings is 2. The molecule has 7 heteroatoms. The highest BCUT2D eigenvalue weighted by Gasteiger charge is 2.12. The third-order valence-electron chi connectivity index (χ3n) is 3.20. The van der Waals surface area contributed by atoms with Crippen LogP contribution in [0.5, 0.6) is 23.0 Å². The zero-order valence-electron chi connectivity index (χ0n) is 13.8. The smallest absolute Gasteiger partial charge is 0.336 e. The van der Waals surface area contributed by atoms with Crippen LogP contribution in [0.1, 0.15) is 5.56 Å². The van der Waals surface area contributed by atoms with Crippen LogP contribution in [0.15, 0.2) is 40.9 Å². The second-order valence-corrected chi connectivity index (χ2v) is 6.08. The molecule has 0 aliphatic rings. The molecule has 2 aromatic carbocycles. The molecule has 0 aromatic heterocycles. The van der Waals surface area contributed by atoms with Gasteiger partial charge in [-0.15, -0.1) is 0 Å². The average Bonchev–Trinajstić information content (AvgIpc) is 2.61. The van der Waals surface area contributed by atoms with Crippen molar-refractivity contribution in [3.05, 3.63) is 51.5 Å². The van der Waals surface area contributed by atoms with Crippen molar-refractivity contribution in [2.75, 3.05) is 21.3 Å². The zero-order chi connectivity index (χ0) is 18.4. The van der Waals surface area contributed by atoms with Crippen LogP contribution in [0.3, 0.4) is 0 Å². The first-order chi connectivity index (χ1) is 12.0. The van der Waals surface area contributed by atoms with E-state index in [-0.39, 0.29) is 0 Å². The second-order valence-electron chi connectivity index (χ2n) is 4.79. The Labute approximate surface area is 159 Å². The predicted octanol–water partition coefficient (Wildman–Crippen LogP) is 4.75. The molecule has 0 heterocycles. The summed E-state index contributed by atoms with van der Waals surface area (Å²) in [6.45, 7) is 0. The fraction of sp³-hybridized carbons (Fsp3) is 0.167. The highest BCUT2D eigenvalue weighted by atomic mass is 79.9. The Hall–Kier alpha value is -2.18. The predicted molar refractivity (Wildman–Crippen MR) is 99.9 cm³/mol. The molecule has 25 heavy (non-hydrogen) atoms. The summed E-state index contributed by atoms with van der Waals surface area (Å²) >= 11 is 9.15. The highest BCUT2D eigenvalue weighted by molar-refractivity contribution is 9.10. The van der Waals surface area contributed by atoms with Crippen LogP contribution >= 0.6 is 27.5 Å². The molecule has 0 fully saturated rings. The van der Waals surface area contributed by atoms with Crippen molar-refractivity contribution in [3.8, 4) is 23.0 Å². The Morgan fingerprint density at radius 1 is 1.00 bits per heavy atom. The number of methoxy groups -OCH3 is 3. The number of carbonyl (C=O) groups excluding carboxylic acids is 1. The van der Waals surface area contributed by atoms with Gasteiger partial charge in [-0.2, -0.15) is 0 Å². The first-order valence-corrected chi connectivity index (χ1v) is 8.30. The summed E-state index contributed by atoms with van der Waals surface area (Å²) in [5, 5.41) is 0.541. The van der Waals surface area contributed by atoms with E-state index >= 15 is 0 Å². The molecule has 2 aromatic rings. The summed E-state index contributed by atoms with van der Waals surface area (Å²) in [6, 6.07) is 8.34. The lowest BCUT2D eigenvalue weighted by atomic mass is 10.1. The fourth-order valence-corrected chi connectivity index (χ4v) is 2.83. The molecule has 0 saturated carbocycles. The Kier molecular flexibility index (Phi) is 6.73. The molecule has 0 radical (unpaired) electrons. The molecule has 0 saturated heterocycles. The number of halogens is 2. The third-order valence-corrected chi connectivity index (χ3v) is 4.06. The van der Waals surface area contributed by atoms with Crippen molar-refractivity contribution < 1.29 is 23.7 Å². The molecule has 0 unspecified atom stereocenters. The topological polar surface area (TPSA) is 54.0 Å². The lowest BCUT2D eigenvalue weighted by Gasteiger charge is -2.12. The van der Waals surface area contributed by atoms with Crippen molar-refractivity contribution in [2.24, 2.45) is 0 Å². The summed E-state index contributed by atoms with van der Waals surface area (Å²) in [4.78, 5) is 12.0. The van der Waals surface area contributed by atoms with E-state index in [0.717, 1.165) is 0 Å². The van der Waals surface area contributed by atoms with E-state index in [1.165, 1.54) is 27.4 Å². The van der Waals surface area contributed by atoms with E-state index in [1.807, 2.05) is 0 Å². The van der Waals surface area contributed by atoms with Crippen LogP contribution < -0.4 is 18.9 Å². The van der Waals surface area contributed by atoms with E-state index in [2.05, 4.69) is 15.9 Å². The van der Waals surface area contributed by atoms with E-state index in [0.29, 0.717) is 38.1 Å². The van der Waals surface area contributed by atoms with Crippen molar-refractivity contribution in [1.82, 2.24) is 0 Å². The first kappa shape index (κ1) is 19.1.